The zero-order valence-corrected chi connectivity index (χ0v) is 16.9. The number of nitrogens with zero attached hydrogens (tertiary/aromatic N) is 1. The number of carbonyl (C=O) groups is 2. The minimum Gasteiger partial charge on any atom is -0.497 e. The van der Waals surface area contributed by atoms with E-state index in [-0.39, 0.29) is 36.1 Å². The molecule has 1 saturated carbocycles. The minimum atomic E-state index is -3.11. The summed E-state index contributed by atoms with van der Waals surface area (Å²) >= 11 is 0. The molecule has 0 unspecified atom stereocenters. The Hall–Kier alpha value is -2.09. The number of hydrogen-bond donors (Lipinski definition) is 0. The highest BCUT2D eigenvalue weighted by molar-refractivity contribution is 7.91. The van der Waals surface area contributed by atoms with Gasteiger partial charge in [-0.25, -0.2) is 13.2 Å². The van der Waals surface area contributed by atoms with Gasteiger partial charge in [0.1, 0.15) is 5.75 Å². The molecule has 2 fully saturated rings. The highest BCUT2D eigenvalue weighted by Crippen LogP contribution is 2.28. The van der Waals surface area contributed by atoms with Gasteiger partial charge in [0.2, 0.25) is 0 Å². The first-order valence-corrected chi connectivity index (χ1v) is 11.5. The van der Waals surface area contributed by atoms with Crippen molar-refractivity contribution < 1.29 is 27.5 Å². The largest absolute Gasteiger partial charge is 0.497 e. The van der Waals surface area contributed by atoms with E-state index in [0.29, 0.717) is 17.7 Å². The average molecular weight is 410 g/mol. The van der Waals surface area contributed by atoms with E-state index in [9.17, 15) is 18.0 Å². The van der Waals surface area contributed by atoms with E-state index in [0.717, 1.165) is 32.1 Å². The summed E-state index contributed by atoms with van der Waals surface area (Å²) in [6.07, 6.45) is 5.37. The van der Waals surface area contributed by atoms with Gasteiger partial charge in [0.05, 0.1) is 24.2 Å². The van der Waals surface area contributed by atoms with Crippen molar-refractivity contribution in [1.29, 1.82) is 0 Å². The number of esters is 1. The van der Waals surface area contributed by atoms with Crippen molar-refractivity contribution in [2.24, 2.45) is 0 Å². The Morgan fingerprint density at radius 3 is 2.50 bits per heavy atom. The Kier molecular flexibility index (Phi) is 6.59. The zero-order valence-electron chi connectivity index (χ0n) is 16.1. The second kappa shape index (κ2) is 8.94. The van der Waals surface area contributed by atoms with E-state index in [1.165, 1.54) is 7.11 Å². The Morgan fingerprint density at radius 2 is 1.86 bits per heavy atom. The van der Waals surface area contributed by atoms with Crippen molar-refractivity contribution in [3.8, 4) is 5.75 Å². The lowest BCUT2D eigenvalue weighted by Gasteiger charge is -2.38. The molecule has 0 spiro atoms. The van der Waals surface area contributed by atoms with Crippen molar-refractivity contribution in [2.45, 2.75) is 50.6 Å². The van der Waals surface area contributed by atoms with Gasteiger partial charge in [0.15, 0.2) is 16.4 Å². The fourth-order valence-corrected chi connectivity index (χ4v) is 5.81. The second-order valence-corrected chi connectivity index (χ2v) is 9.69. The molecule has 28 heavy (non-hydrogen) atoms. The third-order valence-corrected chi connectivity index (χ3v) is 7.24. The third-order valence-electron chi connectivity index (χ3n) is 5.49. The number of amides is 1. The van der Waals surface area contributed by atoms with Gasteiger partial charge in [-0.2, -0.15) is 0 Å². The van der Waals surface area contributed by atoms with Crippen LogP contribution in [0.2, 0.25) is 0 Å². The summed E-state index contributed by atoms with van der Waals surface area (Å²) in [5.41, 5.74) is 0.305. The Labute approximate surface area is 165 Å². The predicted molar refractivity (Wildman–Crippen MR) is 104 cm³/mol. The van der Waals surface area contributed by atoms with Crippen LogP contribution in [0.3, 0.4) is 0 Å². The summed E-state index contributed by atoms with van der Waals surface area (Å²) in [7, 11) is -1.60. The number of sulfone groups is 1. The Balaban J connectivity index is 1.67. The normalized spacial score (nSPS) is 21.8. The van der Waals surface area contributed by atoms with Crippen molar-refractivity contribution >= 4 is 21.7 Å². The number of rotatable bonds is 6. The lowest BCUT2D eigenvalue weighted by Crippen LogP contribution is -2.50. The summed E-state index contributed by atoms with van der Waals surface area (Å²) in [5, 5.41) is 0. The zero-order chi connectivity index (χ0) is 20.1. The van der Waals surface area contributed by atoms with E-state index in [1.807, 2.05) is 0 Å². The topological polar surface area (TPSA) is 90.0 Å². The van der Waals surface area contributed by atoms with Gasteiger partial charge >= 0.3 is 5.97 Å². The molecule has 0 radical (unpaired) electrons. The number of ether oxygens (including phenoxy) is 2. The first-order valence-electron chi connectivity index (χ1n) is 9.72. The number of benzene rings is 1. The van der Waals surface area contributed by atoms with Gasteiger partial charge in [0.25, 0.3) is 5.91 Å². The molecular weight excluding hydrogens is 382 g/mol. The smallest absolute Gasteiger partial charge is 0.338 e. The molecule has 1 aliphatic carbocycles. The van der Waals surface area contributed by atoms with Crippen LogP contribution in [0.4, 0.5) is 0 Å². The van der Waals surface area contributed by atoms with Crippen molar-refractivity contribution in [3.63, 3.8) is 0 Å². The first kappa shape index (κ1) is 20.6. The van der Waals surface area contributed by atoms with Gasteiger partial charge < -0.3 is 14.4 Å². The maximum Gasteiger partial charge on any atom is 0.338 e. The fourth-order valence-electron chi connectivity index (χ4n) is 4.09. The highest BCUT2D eigenvalue weighted by Gasteiger charge is 2.38. The monoisotopic (exact) mass is 409 g/mol. The summed E-state index contributed by atoms with van der Waals surface area (Å²) < 4.78 is 34.2. The predicted octanol–water partition coefficient (Wildman–Crippen LogP) is 2.20. The standard InChI is InChI=1S/C20H27NO6S/c1-26-18-9-5-6-15(12-18)20(23)27-13-19(22)21(16-7-3-2-4-8-16)17-10-11-28(24,25)14-17/h5-6,9,12,16-17H,2-4,7-8,10-11,13-14H2,1H3/t17-/m1/s1. The molecule has 8 heteroatoms. The van der Waals surface area contributed by atoms with Crippen molar-refractivity contribution in [3.05, 3.63) is 29.8 Å². The SMILES string of the molecule is COc1cccc(C(=O)OCC(=O)N(C2CCCCC2)[C@@H]2CCS(=O)(=O)C2)c1. The summed E-state index contributed by atoms with van der Waals surface area (Å²) in [4.78, 5) is 26.9. The fraction of sp³-hybridized carbons (Fsp3) is 0.600. The van der Waals surface area contributed by atoms with Crippen LogP contribution < -0.4 is 4.74 Å². The number of hydrogen-bond acceptors (Lipinski definition) is 6. The molecule has 1 amide bonds. The number of carbonyl (C=O) groups excluding carboxylic acids is 2. The van der Waals surface area contributed by atoms with Crippen LogP contribution in [-0.4, -0.2) is 62.5 Å². The average Bonchev–Trinajstić information content (AvgIpc) is 3.06. The van der Waals surface area contributed by atoms with E-state index >= 15 is 0 Å². The quantitative estimate of drug-likeness (QED) is 0.669. The molecule has 1 saturated heterocycles. The molecule has 1 aliphatic heterocycles. The van der Waals surface area contributed by atoms with Crippen LogP contribution in [0, 0.1) is 0 Å². The third kappa shape index (κ3) is 5.04. The van der Waals surface area contributed by atoms with E-state index < -0.39 is 15.8 Å². The molecule has 0 N–H and O–H groups in total. The second-order valence-electron chi connectivity index (χ2n) is 7.46. The molecular formula is C20H27NO6S. The molecule has 3 rings (SSSR count). The summed E-state index contributed by atoms with van der Waals surface area (Å²) in [6, 6.07) is 6.24. The molecule has 1 atom stereocenters. The summed E-state index contributed by atoms with van der Waals surface area (Å²) in [6.45, 7) is -0.386. The maximum absolute atomic E-state index is 12.9. The molecule has 154 valence electrons. The Morgan fingerprint density at radius 1 is 1.11 bits per heavy atom. The van der Waals surface area contributed by atoms with Crippen molar-refractivity contribution in [2.75, 3.05) is 25.2 Å². The summed E-state index contributed by atoms with van der Waals surface area (Å²) in [5.74, 6) is -0.280. The maximum atomic E-state index is 12.9. The van der Waals surface area contributed by atoms with Crippen LogP contribution in [0.25, 0.3) is 0 Å². The molecule has 7 nitrogen and oxygen atoms in total. The molecule has 1 heterocycles. The molecule has 2 aliphatic rings. The number of methoxy groups -OCH3 is 1. The van der Waals surface area contributed by atoms with Crippen LogP contribution in [-0.2, 0) is 19.4 Å². The van der Waals surface area contributed by atoms with Gasteiger partial charge in [-0.1, -0.05) is 25.3 Å². The molecule has 0 bridgehead atoms. The lowest BCUT2D eigenvalue weighted by atomic mass is 9.93. The minimum absolute atomic E-state index is 0.000922. The Bertz CT molecular complexity index is 816. The first-order chi connectivity index (χ1) is 13.4. The van der Waals surface area contributed by atoms with Gasteiger partial charge in [-0.15, -0.1) is 0 Å². The van der Waals surface area contributed by atoms with Gasteiger partial charge in [-0.05, 0) is 37.5 Å². The lowest BCUT2D eigenvalue weighted by molar-refractivity contribution is -0.140. The molecule has 1 aromatic rings. The van der Waals surface area contributed by atoms with Crippen LogP contribution in [0.1, 0.15) is 48.9 Å². The molecule has 0 aromatic heterocycles. The van der Waals surface area contributed by atoms with E-state index in [1.54, 1.807) is 29.2 Å². The highest BCUT2D eigenvalue weighted by atomic mass is 32.2. The van der Waals surface area contributed by atoms with Crippen LogP contribution in [0.5, 0.6) is 5.75 Å². The van der Waals surface area contributed by atoms with E-state index in [2.05, 4.69) is 0 Å². The van der Waals surface area contributed by atoms with Crippen LogP contribution >= 0.6 is 0 Å². The van der Waals surface area contributed by atoms with Crippen molar-refractivity contribution in [1.82, 2.24) is 4.90 Å². The molecule has 1 aromatic carbocycles. The van der Waals surface area contributed by atoms with Gasteiger partial charge in [-0.3, -0.25) is 4.79 Å². The van der Waals surface area contributed by atoms with Gasteiger partial charge in [0, 0.05) is 12.1 Å². The van der Waals surface area contributed by atoms with Crippen LogP contribution in [0.15, 0.2) is 24.3 Å². The van der Waals surface area contributed by atoms with E-state index in [4.69, 9.17) is 9.47 Å².